The smallest absolute Gasteiger partial charge is 0.243 e. The molecular weight excluding hydrogens is 264 g/mol. The summed E-state index contributed by atoms with van der Waals surface area (Å²) < 4.78 is 31.1. The van der Waals surface area contributed by atoms with Crippen molar-refractivity contribution in [3.05, 3.63) is 28.8 Å². The summed E-state index contributed by atoms with van der Waals surface area (Å²) in [5.74, 6) is 0. The number of benzene rings is 1. The van der Waals surface area contributed by atoms with Crippen LogP contribution in [0.2, 0.25) is 0 Å². The molecule has 6 heteroatoms. The second kappa shape index (κ2) is 6.47. The molecule has 0 aliphatic rings. The largest absolute Gasteiger partial charge is 0.383 e. The molecule has 1 rings (SSSR count). The SMILES string of the molecule is COCCN(C)S(=O)(=O)c1cc(CN)c(C)cc1C. The number of methoxy groups -OCH3 is 1. The third-order valence-corrected chi connectivity index (χ3v) is 5.15. The van der Waals surface area contributed by atoms with Gasteiger partial charge in [-0.3, -0.25) is 0 Å². The average molecular weight is 286 g/mol. The number of hydrogen-bond acceptors (Lipinski definition) is 4. The van der Waals surface area contributed by atoms with E-state index in [1.165, 1.54) is 4.31 Å². The minimum absolute atomic E-state index is 0.317. The number of rotatable bonds is 6. The van der Waals surface area contributed by atoms with Crippen LogP contribution in [0.4, 0.5) is 0 Å². The quantitative estimate of drug-likeness (QED) is 0.847. The molecule has 19 heavy (non-hydrogen) atoms. The Morgan fingerprint density at radius 3 is 2.42 bits per heavy atom. The van der Waals surface area contributed by atoms with Crippen LogP contribution in [0.3, 0.4) is 0 Å². The number of hydrogen-bond donors (Lipinski definition) is 1. The van der Waals surface area contributed by atoms with Crippen molar-refractivity contribution >= 4 is 10.0 Å². The Labute approximate surface area is 115 Å². The Bertz CT molecular complexity index is 541. The van der Waals surface area contributed by atoms with Crippen molar-refractivity contribution in [3.8, 4) is 0 Å². The molecule has 0 atom stereocenters. The van der Waals surface area contributed by atoms with E-state index < -0.39 is 10.0 Å². The van der Waals surface area contributed by atoms with Gasteiger partial charge in [0.2, 0.25) is 10.0 Å². The number of ether oxygens (including phenoxy) is 1. The van der Waals surface area contributed by atoms with E-state index in [0.29, 0.717) is 24.6 Å². The highest BCUT2D eigenvalue weighted by molar-refractivity contribution is 7.89. The molecule has 0 unspecified atom stereocenters. The molecule has 0 heterocycles. The molecule has 0 spiro atoms. The molecule has 2 N–H and O–H groups in total. The Kier molecular flexibility index (Phi) is 5.49. The number of sulfonamides is 1. The molecule has 0 amide bonds. The first-order chi connectivity index (χ1) is 8.84. The van der Waals surface area contributed by atoms with E-state index in [4.69, 9.17) is 10.5 Å². The fourth-order valence-corrected chi connectivity index (χ4v) is 3.29. The maximum Gasteiger partial charge on any atom is 0.243 e. The van der Waals surface area contributed by atoms with Crippen molar-refractivity contribution in [2.24, 2.45) is 5.73 Å². The van der Waals surface area contributed by atoms with Crippen LogP contribution in [-0.2, 0) is 21.3 Å². The molecule has 0 fully saturated rings. The number of nitrogens with zero attached hydrogens (tertiary/aromatic N) is 1. The Morgan fingerprint density at radius 2 is 1.89 bits per heavy atom. The molecule has 5 nitrogen and oxygen atoms in total. The Morgan fingerprint density at radius 1 is 1.26 bits per heavy atom. The normalized spacial score (nSPS) is 12.1. The number of aryl methyl sites for hydroxylation is 2. The van der Waals surface area contributed by atoms with Crippen LogP contribution in [0.15, 0.2) is 17.0 Å². The van der Waals surface area contributed by atoms with Gasteiger partial charge in [0.05, 0.1) is 11.5 Å². The summed E-state index contributed by atoms with van der Waals surface area (Å²) in [5, 5.41) is 0. The minimum Gasteiger partial charge on any atom is -0.383 e. The average Bonchev–Trinajstić information content (AvgIpc) is 2.35. The summed E-state index contributed by atoms with van der Waals surface area (Å²) in [6, 6.07) is 3.53. The van der Waals surface area contributed by atoms with E-state index in [1.54, 1.807) is 27.1 Å². The van der Waals surface area contributed by atoms with Crippen LogP contribution in [0, 0.1) is 13.8 Å². The molecule has 0 aliphatic heterocycles. The number of nitrogens with two attached hydrogens (primary N) is 1. The lowest BCUT2D eigenvalue weighted by Crippen LogP contribution is -2.30. The fourth-order valence-electron chi connectivity index (χ4n) is 1.88. The monoisotopic (exact) mass is 286 g/mol. The van der Waals surface area contributed by atoms with Crippen LogP contribution in [0.25, 0.3) is 0 Å². The van der Waals surface area contributed by atoms with Crippen LogP contribution in [0.1, 0.15) is 16.7 Å². The van der Waals surface area contributed by atoms with Crippen molar-refractivity contribution in [1.82, 2.24) is 4.31 Å². The van der Waals surface area contributed by atoms with Gasteiger partial charge in [-0.15, -0.1) is 0 Å². The van der Waals surface area contributed by atoms with E-state index in [9.17, 15) is 8.42 Å². The summed E-state index contributed by atoms with van der Waals surface area (Å²) in [5.41, 5.74) is 8.24. The second-order valence-electron chi connectivity index (χ2n) is 4.57. The highest BCUT2D eigenvalue weighted by atomic mass is 32.2. The zero-order chi connectivity index (χ0) is 14.6. The molecule has 0 saturated heterocycles. The van der Waals surface area contributed by atoms with E-state index in [-0.39, 0.29) is 0 Å². The number of likely N-dealkylation sites (N-methyl/N-ethyl adjacent to an activating group) is 1. The summed E-state index contributed by atoms with van der Waals surface area (Å²) in [6.45, 7) is 4.75. The fraction of sp³-hybridized carbons (Fsp3) is 0.538. The molecule has 0 aromatic heterocycles. The van der Waals surface area contributed by atoms with Gasteiger partial charge in [0.25, 0.3) is 0 Å². The van der Waals surface area contributed by atoms with Gasteiger partial charge in [-0.05, 0) is 36.6 Å². The van der Waals surface area contributed by atoms with Crippen molar-refractivity contribution in [1.29, 1.82) is 0 Å². The topological polar surface area (TPSA) is 72.6 Å². The highest BCUT2D eigenvalue weighted by Crippen LogP contribution is 2.22. The third-order valence-electron chi connectivity index (χ3n) is 3.15. The highest BCUT2D eigenvalue weighted by Gasteiger charge is 2.23. The van der Waals surface area contributed by atoms with Gasteiger partial charge in [0, 0.05) is 27.2 Å². The van der Waals surface area contributed by atoms with Gasteiger partial charge in [-0.1, -0.05) is 6.07 Å². The van der Waals surface area contributed by atoms with Gasteiger partial charge in [0.1, 0.15) is 0 Å². The first-order valence-corrected chi connectivity index (χ1v) is 7.54. The van der Waals surface area contributed by atoms with E-state index in [2.05, 4.69) is 0 Å². The lowest BCUT2D eigenvalue weighted by molar-refractivity contribution is 0.185. The van der Waals surface area contributed by atoms with Gasteiger partial charge in [-0.2, -0.15) is 4.31 Å². The van der Waals surface area contributed by atoms with Crippen LogP contribution < -0.4 is 5.73 Å². The maximum atomic E-state index is 12.5. The first kappa shape index (κ1) is 16.1. The van der Waals surface area contributed by atoms with E-state index >= 15 is 0 Å². The summed E-state index contributed by atoms with van der Waals surface area (Å²) in [4.78, 5) is 0.317. The van der Waals surface area contributed by atoms with Gasteiger partial charge < -0.3 is 10.5 Å². The minimum atomic E-state index is -3.49. The van der Waals surface area contributed by atoms with Crippen LogP contribution in [0.5, 0.6) is 0 Å². The Hall–Kier alpha value is -0.950. The second-order valence-corrected chi connectivity index (χ2v) is 6.58. The molecule has 0 aliphatic carbocycles. The van der Waals surface area contributed by atoms with Gasteiger partial charge in [-0.25, -0.2) is 8.42 Å². The van der Waals surface area contributed by atoms with Gasteiger partial charge in [0.15, 0.2) is 0 Å². The lowest BCUT2D eigenvalue weighted by Gasteiger charge is -2.19. The predicted molar refractivity (Wildman–Crippen MR) is 75.5 cm³/mol. The lowest BCUT2D eigenvalue weighted by atomic mass is 10.1. The molecule has 0 radical (unpaired) electrons. The molecule has 0 saturated carbocycles. The summed E-state index contributed by atoms with van der Waals surface area (Å²) in [6.07, 6.45) is 0. The van der Waals surface area contributed by atoms with Crippen LogP contribution in [-0.4, -0.2) is 40.0 Å². The van der Waals surface area contributed by atoms with Crippen molar-refractivity contribution in [2.75, 3.05) is 27.3 Å². The van der Waals surface area contributed by atoms with Crippen molar-refractivity contribution in [3.63, 3.8) is 0 Å². The molecule has 1 aromatic rings. The molecule has 108 valence electrons. The van der Waals surface area contributed by atoms with E-state index in [1.807, 2.05) is 13.0 Å². The summed E-state index contributed by atoms with van der Waals surface area (Å²) in [7, 11) is -0.396. The zero-order valence-electron chi connectivity index (χ0n) is 11.9. The maximum absolute atomic E-state index is 12.5. The Balaban J connectivity index is 3.21. The van der Waals surface area contributed by atoms with E-state index in [0.717, 1.165) is 16.7 Å². The molecular formula is C13H22N2O3S. The zero-order valence-corrected chi connectivity index (χ0v) is 12.8. The predicted octanol–water partition coefficient (Wildman–Crippen LogP) is 1.03. The van der Waals surface area contributed by atoms with Gasteiger partial charge >= 0.3 is 0 Å². The van der Waals surface area contributed by atoms with Crippen LogP contribution >= 0.6 is 0 Å². The molecule has 0 bridgehead atoms. The van der Waals surface area contributed by atoms with Crippen molar-refractivity contribution < 1.29 is 13.2 Å². The summed E-state index contributed by atoms with van der Waals surface area (Å²) >= 11 is 0. The van der Waals surface area contributed by atoms with Crippen molar-refractivity contribution in [2.45, 2.75) is 25.3 Å². The first-order valence-electron chi connectivity index (χ1n) is 6.10. The third kappa shape index (κ3) is 3.54. The standard InChI is InChI=1S/C13H22N2O3S/c1-10-7-11(2)13(8-12(10)9-14)19(16,17)15(3)5-6-18-4/h7-8H,5-6,9,14H2,1-4H3. The molecule has 1 aromatic carbocycles.